The number of halogens is 1. The Bertz CT molecular complexity index is 398. The maximum absolute atomic E-state index is 5.92. The van der Waals surface area contributed by atoms with Crippen molar-refractivity contribution in [2.24, 2.45) is 0 Å². The van der Waals surface area contributed by atoms with E-state index in [9.17, 15) is 0 Å². The summed E-state index contributed by atoms with van der Waals surface area (Å²) in [6, 6.07) is 4.97. The Morgan fingerprint density at radius 1 is 1.50 bits per heavy atom. The van der Waals surface area contributed by atoms with Gasteiger partial charge in [-0.05, 0) is 47.4 Å². The number of fused-ring (bicyclic) bond motifs is 1. The van der Waals surface area contributed by atoms with Crippen LogP contribution in [0.1, 0.15) is 17.7 Å². The summed E-state index contributed by atoms with van der Waals surface area (Å²) in [5.41, 5.74) is 0. The third-order valence-corrected chi connectivity index (χ3v) is 5.39. The fraction of sp³-hybridized carbons (Fsp3) is 0.692. The van der Waals surface area contributed by atoms with Crippen molar-refractivity contribution in [2.45, 2.75) is 31.5 Å². The Balaban J connectivity index is 1.41. The molecule has 0 aliphatic carbocycles. The lowest BCUT2D eigenvalue weighted by atomic mass is 10.2. The number of nitrogens with one attached hydrogen (secondary N) is 1. The largest absolute Gasteiger partial charge is 0.374 e. The summed E-state index contributed by atoms with van der Waals surface area (Å²) in [5, 5.41) is 3.50. The van der Waals surface area contributed by atoms with Crippen LogP contribution in [-0.2, 0) is 11.3 Å². The Morgan fingerprint density at radius 2 is 2.44 bits per heavy atom. The van der Waals surface area contributed by atoms with E-state index in [4.69, 9.17) is 4.74 Å². The van der Waals surface area contributed by atoms with Crippen LogP contribution in [0, 0.1) is 0 Å². The van der Waals surface area contributed by atoms with Gasteiger partial charge in [0.25, 0.3) is 0 Å². The minimum atomic E-state index is 0.364. The second-order valence-corrected chi connectivity index (χ2v) is 7.63. The van der Waals surface area contributed by atoms with Crippen molar-refractivity contribution in [1.29, 1.82) is 0 Å². The average Bonchev–Trinajstić information content (AvgIpc) is 2.97. The third-order valence-electron chi connectivity index (χ3n) is 3.76. The number of thiophene rings is 1. The summed E-state index contributed by atoms with van der Waals surface area (Å²) < 4.78 is 7.13. The Hall–Kier alpha value is 0.0600. The summed E-state index contributed by atoms with van der Waals surface area (Å²) in [7, 11) is 0. The Labute approximate surface area is 121 Å². The van der Waals surface area contributed by atoms with Gasteiger partial charge >= 0.3 is 0 Å². The summed E-state index contributed by atoms with van der Waals surface area (Å²) in [4.78, 5) is 3.97. The molecule has 0 saturated carbocycles. The Kier molecular flexibility index (Phi) is 4.36. The standard InChI is InChI=1S/C13H19BrN2OS/c14-13-4-3-12(18-13)7-15-6-11-8-16-5-1-2-10(16)9-17-11/h3-4,10-11,15H,1-2,5-9H2. The second kappa shape index (κ2) is 6.01. The van der Waals surface area contributed by atoms with Crippen molar-refractivity contribution in [1.82, 2.24) is 10.2 Å². The molecule has 0 spiro atoms. The molecular weight excluding hydrogens is 312 g/mol. The first kappa shape index (κ1) is 13.1. The minimum Gasteiger partial charge on any atom is -0.374 e. The van der Waals surface area contributed by atoms with Gasteiger partial charge in [0.15, 0.2) is 0 Å². The van der Waals surface area contributed by atoms with E-state index in [-0.39, 0.29) is 0 Å². The van der Waals surface area contributed by atoms with Crippen LogP contribution in [0.4, 0.5) is 0 Å². The number of hydrogen-bond acceptors (Lipinski definition) is 4. The molecule has 2 unspecified atom stereocenters. The predicted octanol–water partition coefficient (Wildman–Crippen LogP) is 2.46. The lowest BCUT2D eigenvalue weighted by molar-refractivity contribution is -0.0470. The molecule has 2 fully saturated rings. The lowest BCUT2D eigenvalue weighted by Crippen LogP contribution is -2.49. The van der Waals surface area contributed by atoms with E-state index in [1.807, 2.05) is 0 Å². The van der Waals surface area contributed by atoms with Crippen LogP contribution in [0.2, 0.25) is 0 Å². The van der Waals surface area contributed by atoms with Gasteiger partial charge in [-0.2, -0.15) is 0 Å². The van der Waals surface area contributed by atoms with Crippen LogP contribution in [0.3, 0.4) is 0 Å². The zero-order valence-corrected chi connectivity index (χ0v) is 12.8. The van der Waals surface area contributed by atoms with Crippen LogP contribution >= 0.6 is 27.3 Å². The minimum absolute atomic E-state index is 0.364. The smallest absolute Gasteiger partial charge is 0.0827 e. The van der Waals surface area contributed by atoms with Gasteiger partial charge < -0.3 is 10.1 Å². The first-order valence-corrected chi connectivity index (χ1v) is 8.23. The van der Waals surface area contributed by atoms with Crippen molar-refractivity contribution in [3.8, 4) is 0 Å². The molecular formula is C13H19BrN2OS. The van der Waals surface area contributed by atoms with Crippen molar-refractivity contribution < 1.29 is 4.74 Å². The van der Waals surface area contributed by atoms with Gasteiger partial charge in [-0.1, -0.05) is 0 Å². The van der Waals surface area contributed by atoms with Crippen molar-refractivity contribution in [3.63, 3.8) is 0 Å². The second-order valence-electron chi connectivity index (χ2n) is 5.08. The molecule has 18 heavy (non-hydrogen) atoms. The highest BCUT2D eigenvalue weighted by molar-refractivity contribution is 9.11. The highest BCUT2D eigenvalue weighted by atomic mass is 79.9. The van der Waals surface area contributed by atoms with Gasteiger partial charge in [0, 0.05) is 30.6 Å². The molecule has 0 aromatic carbocycles. The van der Waals surface area contributed by atoms with E-state index in [2.05, 4.69) is 38.3 Å². The molecule has 5 heteroatoms. The van der Waals surface area contributed by atoms with Gasteiger partial charge in [0.1, 0.15) is 0 Å². The molecule has 3 heterocycles. The molecule has 1 N–H and O–H groups in total. The molecule has 3 nitrogen and oxygen atoms in total. The molecule has 100 valence electrons. The van der Waals surface area contributed by atoms with Crippen LogP contribution in [-0.4, -0.2) is 43.3 Å². The van der Waals surface area contributed by atoms with E-state index in [1.54, 1.807) is 11.3 Å². The van der Waals surface area contributed by atoms with Crippen LogP contribution in [0.25, 0.3) is 0 Å². The summed E-state index contributed by atoms with van der Waals surface area (Å²) in [6.07, 6.45) is 3.03. The molecule has 2 aliphatic rings. The maximum Gasteiger partial charge on any atom is 0.0827 e. The third kappa shape index (κ3) is 3.14. The topological polar surface area (TPSA) is 24.5 Å². The van der Waals surface area contributed by atoms with Gasteiger partial charge in [0.2, 0.25) is 0 Å². The van der Waals surface area contributed by atoms with Gasteiger partial charge in [-0.15, -0.1) is 11.3 Å². The zero-order valence-electron chi connectivity index (χ0n) is 10.4. The van der Waals surface area contributed by atoms with E-state index < -0.39 is 0 Å². The van der Waals surface area contributed by atoms with Crippen molar-refractivity contribution in [2.75, 3.05) is 26.2 Å². The molecule has 2 atom stereocenters. The van der Waals surface area contributed by atoms with Gasteiger partial charge in [0.05, 0.1) is 16.5 Å². The molecule has 0 radical (unpaired) electrons. The fourth-order valence-corrected chi connectivity index (χ4v) is 4.27. The molecule has 2 saturated heterocycles. The first-order valence-electron chi connectivity index (χ1n) is 6.62. The number of hydrogen-bond donors (Lipinski definition) is 1. The molecule has 1 aromatic heterocycles. The lowest BCUT2D eigenvalue weighted by Gasteiger charge is -2.35. The zero-order chi connectivity index (χ0) is 12.4. The molecule has 2 aliphatic heterocycles. The molecule has 1 aromatic rings. The van der Waals surface area contributed by atoms with Gasteiger partial charge in [-0.25, -0.2) is 0 Å². The monoisotopic (exact) mass is 330 g/mol. The molecule has 0 bridgehead atoms. The fourth-order valence-electron chi connectivity index (χ4n) is 2.81. The van der Waals surface area contributed by atoms with E-state index >= 15 is 0 Å². The molecule has 0 amide bonds. The number of ether oxygens (including phenoxy) is 1. The number of rotatable bonds is 4. The van der Waals surface area contributed by atoms with Gasteiger partial charge in [-0.3, -0.25) is 4.90 Å². The highest BCUT2D eigenvalue weighted by Crippen LogP contribution is 2.23. The first-order chi connectivity index (χ1) is 8.81. The van der Waals surface area contributed by atoms with E-state index in [0.29, 0.717) is 12.1 Å². The summed E-state index contributed by atoms with van der Waals surface area (Å²) in [5.74, 6) is 0. The van der Waals surface area contributed by atoms with E-state index in [1.165, 1.54) is 28.0 Å². The quantitative estimate of drug-likeness (QED) is 0.917. The normalized spacial score (nSPS) is 28.5. The van der Waals surface area contributed by atoms with Crippen molar-refractivity contribution >= 4 is 27.3 Å². The number of nitrogens with zero attached hydrogens (tertiary/aromatic N) is 1. The summed E-state index contributed by atoms with van der Waals surface area (Å²) >= 11 is 5.28. The van der Waals surface area contributed by atoms with Crippen molar-refractivity contribution in [3.05, 3.63) is 20.8 Å². The Morgan fingerprint density at radius 3 is 3.28 bits per heavy atom. The van der Waals surface area contributed by atoms with Crippen LogP contribution < -0.4 is 5.32 Å². The van der Waals surface area contributed by atoms with E-state index in [0.717, 1.165) is 26.2 Å². The maximum atomic E-state index is 5.92. The number of morpholine rings is 1. The van der Waals surface area contributed by atoms with Crippen LogP contribution in [0.5, 0.6) is 0 Å². The SMILES string of the molecule is Brc1ccc(CNCC2CN3CCCC3CO2)s1. The summed E-state index contributed by atoms with van der Waals surface area (Å²) in [6.45, 7) is 5.20. The predicted molar refractivity (Wildman–Crippen MR) is 78.1 cm³/mol. The molecule has 3 rings (SSSR count). The van der Waals surface area contributed by atoms with Crippen LogP contribution in [0.15, 0.2) is 15.9 Å². The average molecular weight is 331 g/mol. The highest BCUT2D eigenvalue weighted by Gasteiger charge is 2.31.